The standard InChI is InChI=1S/C24H26F3N5O2S/c1-31(2)17-11-13-32(14-12-17)18-9-7-16(8-10-18)29-23-28-15-20(25)22(30-23)24(26,27)19-5-3-4-6-21(19)35(33)34/h3-10,15,17,35H,11-14H2,1-2H3,(H,28,29,30). The van der Waals surface area contributed by atoms with E-state index in [0.29, 0.717) is 17.9 Å². The van der Waals surface area contributed by atoms with Crippen molar-refractivity contribution in [1.29, 1.82) is 0 Å². The second-order valence-corrected chi connectivity index (χ2v) is 9.59. The van der Waals surface area contributed by atoms with Gasteiger partial charge in [0.1, 0.15) is 0 Å². The Kier molecular flexibility index (Phi) is 7.27. The number of halogens is 3. The van der Waals surface area contributed by atoms with Crippen LogP contribution in [0.1, 0.15) is 24.1 Å². The van der Waals surface area contributed by atoms with Crippen LogP contribution in [0.2, 0.25) is 0 Å². The lowest BCUT2D eigenvalue weighted by atomic mass is 10.0. The molecule has 0 amide bonds. The van der Waals surface area contributed by atoms with Gasteiger partial charge in [0.25, 0.3) is 0 Å². The summed E-state index contributed by atoms with van der Waals surface area (Å²) < 4.78 is 67.6. The van der Waals surface area contributed by atoms with Crippen LogP contribution in [0.5, 0.6) is 0 Å². The van der Waals surface area contributed by atoms with E-state index >= 15 is 8.78 Å². The summed E-state index contributed by atoms with van der Waals surface area (Å²) in [6, 6.07) is 12.5. The number of aromatic nitrogens is 2. The van der Waals surface area contributed by atoms with E-state index in [2.05, 4.69) is 39.2 Å². The Hall–Kier alpha value is -3.18. The molecule has 1 aliphatic heterocycles. The molecule has 186 valence electrons. The fraction of sp³-hybridized carbons (Fsp3) is 0.333. The second-order valence-electron chi connectivity index (χ2n) is 8.59. The number of thiol groups is 1. The van der Waals surface area contributed by atoms with Gasteiger partial charge in [-0.15, -0.1) is 0 Å². The first-order valence-electron chi connectivity index (χ1n) is 11.1. The van der Waals surface area contributed by atoms with E-state index in [1.165, 1.54) is 12.1 Å². The van der Waals surface area contributed by atoms with Crippen molar-refractivity contribution in [3.05, 3.63) is 71.8 Å². The first kappa shape index (κ1) is 24.9. The van der Waals surface area contributed by atoms with E-state index in [-0.39, 0.29) is 5.95 Å². The summed E-state index contributed by atoms with van der Waals surface area (Å²) in [5, 5.41) is 2.82. The number of benzene rings is 2. The highest BCUT2D eigenvalue weighted by molar-refractivity contribution is 7.72. The number of nitrogens with zero attached hydrogens (tertiary/aromatic N) is 4. The van der Waals surface area contributed by atoms with Crippen LogP contribution in [-0.2, 0) is 16.6 Å². The number of hydrogen-bond acceptors (Lipinski definition) is 7. The molecule has 0 unspecified atom stereocenters. The smallest absolute Gasteiger partial charge is 0.319 e. The van der Waals surface area contributed by atoms with Crippen molar-refractivity contribution >= 4 is 28.0 Å². The van der Waals surface area contributed by atoms with Crippen LogP contribution in [0, 0.1) is 5.82 Å². The summed E-state index contributed by atoms with van der Waals surface area (Å²) in [6.45, 7) is 1.87. The molecule has 4 rings (SSSR count). The largest absolute Gasteiger partial charge is 0.371 e. The molecule has 0 atom stereocenters. The average molecular weight is 506 g/mol. The molecule has 0 aliphatic carbocycles. The Morgan fingerprint density at radius 1 is 1.06 bits per heavy atom. The molecule has 1 aromatic heterocycles. The van der Waals surface area contributed by atoms with Gasteiger partial charge >= 0.3 is 5.92 Å². The number of anilines is 3. The van der Waals surface area contributed by atoms with E-state index in [1.54, 1.807) is 12.1 Å². The highest BCUT2D eigenvalue weighted by Crippen LogP contribution is 2.38. The van der Waals surface area contributed by atoms with Gasteiger partial charge in [-0.3, -0.25) is 0 Å². The van der Waals surface area contributed by atoms with Gasteiger partial charge in [-0.1, -0.05) is 18.2 Å². The summed E-state index contributed by atoms with van der Waals surface area (Å²) in [4.78, 5) is 11.4. The van der Waals surface area contributed by atoms with Crippen molar-refractivity contribution in [2.45, 2.75) is 29.7 Å². The molecule has 11 heteroatoms. The van der Waals surface area contributed by atoms with Gasteiger partial charge in [0, 0.05) is 36.1 Å². The molecule has 1 aliphatic rings. The van der Waals surface area contributed by atoms with Crippen LogP contribution < -0.4 is 10.2 Å². The first-order valence-corrected chi connectivity index (χ1v) is 12.3. The zero-order valence-electron chi connectivity index (χ0n) is 19.3. The summed E-state index contributed by atoms with van der Waals surface area (Å²) in [6.07, 6.45) is 2.77. The lowest BCUT2D eigenvalue weighted by Crippen LogP contribution is -2.41. The van der Waals surface area contributed by atoms with Crippen LogP contribution in [0.25, 0.3) is 0 Å². The maximum Gasteiger partial charge on any atom is 0.319 e. The van der Waals surface area contributed by atoms with Gasteiger partial charge in [-0.25, -0.2) is 22.8 Å². The molecule has 2 aromatic carbocycles. The lowest BCUT2D eigenvalue weighted by molar-refractivity contribution is 0.0307. The molecule has 1 saturated heterocycles. The highest BCUT2D eigenvalue weighted by Gasteiger charge is 2.41. The van der Waals surface area contributed by atoms with Crippen LogP contribution in [0.4, 0.5) is 30.5 Å². The van der Waals surface area contributed by atoms with Crippen LogP contribution in [-0.4, -0.2) is 56.5 Å². The predicted octanol–water partition coefficient (Wildman–Crippen LogP) is 4.00. The Bertz CT molecular complexity index is 1250. The Morgan fingerprint density at radius 3 is 2.34 bits per heavy atom. The van der Waals surface area contributed by atoms with Crippen molar-refractivity contribution in [3.63, 3.8) is 0 Å². The maximum atomic E-state index is 15.2. The van der Waals surface area contributed by atoms with Gasteiger partial charge in [0.2, 0.25) is 5.95 Å². The summed E-state index contributed by atoms with van der Waals surface area (Å²) in [5.41, 5.74) is -0.467. The number of nitrogens with one attached hydrogen (secondary N) is 1. The zero-order valence-corrected chi connectivity index (χ0v) is 20.2. The van der Waals surface area contributed by atoms with Crippen LogP contribution in [0.15, 0.2) is 59.6 Å². The Labute approximate surface area is 203 Å². The van der Waals surface area contributed by atoms with Crippen molar-refractivity contribution in [3.8, 4) is 0 Å². The van der Waals surface area contributed by atoms with Crippen LogP contribution >= 0.6 is 0 Å². The fourth-order valence-electron chi connectivity index (χ4n) is 4.20. The van der Waals surface area contributed by atoms with Gasteiger partial charge in [0.15, 0.2) is 22.2 Å². The van der Waals surface area contributed by atoms with Crippen molar-refractivity contribution < 1.29 is 21.6 Å². The van der Waals surface area contributed by atoms with Crippen molar-refractivity contribution in [1.82, 2.24) is 14.9 Å². The quantitative estimate of drug-likeness (QED) is 0.470. The third-order valence-electron chi connectivity index (χ3n) is 6.16. The normalized spacial score (nSPS) is 15.1. The number of alkyl halides is 2. The number of rotatable bonds is 7. The molecular weight excluding hydrogens is 479 g/mol. The maximum absolute atomic E-state index is 15.2. The Balaban J connectivity index is 1.53. The zero-order chi connectivity index (χ0) is 25.2. The molecular formula is C24H26F3N5O2S. The molecule has 35 heavy (non-hydrogen) atoms. The molecule has 0 spiro atoms. The molecule has 0 bridgehead atoms. The SMILES string of the molecule is CN(C)C1CCN(c2ccc(Nc3ncc(F)c(C(F)(F)c4ccccc4[SH](=O)=O)n3)cc2)CC1. The third-order valence-corrected chi connectivity index (χ3v) is 6.95. The second kappa shape index (κ2) is 10.2. The Morgan fingerprint density at radius 2 is 1.71 bits per heavy atom. The molecule has 7 nitrogen and oxygen atoms in total. The van der Waals surface area contributed by atoms with E-state index in [4.69, 9.17) is 0 Å². The minimum atomic E-state index is -3.99. The van der Waals surface area contributed by atoms with E-state index in [9.17, 15) is 12.8 Å². The molecule has 2 heterocycles. The highest BCUT2D eigenvalue weighted by atomic mass is 32.2. The van der Waals surface area contributed by atoms with E-state index < -0.39 is 38.6 Å². The van der Waals surface area contributed by atoms with Crippen molar-refractivity contribution in [2.75, 3.05) is 37.4 Å². The fourth-order valence-corrected chi connectivity index (χ4v) is 4.82. The van der Waals surface area contributed by atoms with Crippen molar-refractivity contribution in [2.24, 2.45) is 0 Å². The summed E-state index contributed by atoms with van der Waals surface area (Å²) in [7, 11) is 0.863. The minimum absolute atomic E-state index is 0.232. The third kappa shape index (κ3) is 5.40. The lowest BCUT2D eigenvalue weighted by Gasteiger charge is -2.36. The number of hydrogen-bond donors (Lipinski definition) is 2. The monoisotopic (exact) mass is 505 g/mol. The van der Waals surface area contributed by atoms with Gasteiger partial charge in [-0.2, -0.15) is 8.78 Å². The topological polar surface area (TPSA) is 78.4 Å². The van der Waals surface area contributed by atoms with E-state index in [0.717, 1.165) is 43.8 Å². The molecule has 1 N–H and O–H groups in total. The number of piperidine rings is 1. The average Bonchev–Trinajstić information content (AvgIpc) is 2.85. The molecule has 0 saturated carbocycles. The molecule has 0 radical (unpaired) electrons. The molecule has 3 aromatic rings. The van der Waals surface area contributed by atoms with E-state index in [1.807, 2.05) is 12.1 Å². The first-order chi connectivity index (χ1) is 16.7. The summed E-state index contributed by atoms with van der Waals surface area (Å²) >= 11 is 0. The van der Waals surface area contributed by atoms with Gasteiger partial charge in [0.05, 0.1) is 11.1 Å². The van der Waals surface area contributed by atoms with Gasteiger partial charge in [-0.05, 0) is 57.3 Å². The van der Waals surface area contributed by atoms with Crippen LogP contribution in [0.3, 0.4) is 0 Å². The van der Waals surface area contributed by atoms with Gasteiger partial charge < -0.3 is 15.1 Å². The summed E-state index contributed by atoms with van der Waals surface area (Å²) in [5.74, 6) is -5.56. The molecule has 1 fully saturated rings. The minimum Gasteiger partial charge on any atom is -0.371 e. The predicted molar refractivity (Wildman–Crippen MR) is 129 cm³/mol.